The minimum atomic E-state index is -0.0329. The van der Waals surface area contributed by atoms with E-state index in [4.69, 9.17) is 0 Å². The molecule has 0 heterocycles. The van der Waals surface area contributed by atoms with Crippen LogP contribution in [-0.2, 0) is 22.4 Å². The Kier molecular flexibility index (Phi) is 8.19. The van der Waals surface area contributed by atoms with Crippen LogP contribution in [0.2, 0.25) is 0 Å². The van der Waals surface area contributed by atoms with Crippen molar-refractivity contribution in [3.05, 3.63) is 118 Å². The maximum Gasteiger partial charge on any atom is 0.228 e. The number of hydrogen-bond acceptors (Lipinski definition) is 2. The summed E-state index contributed by atoms with van der Waals surface area (Å²) in [6.07, 6.45) is 1.37. The maximum atomic E-state index is 12.7. The van der Waals surface area contributed by atoms with Crippen molar-refractivity contribution in [2.45, 2.75) is 47.0 Å². The van der Waals surface area contributed by atoms with Crippen LogP contribution in [0.25, 0.3) is 11.1 Å². The molecule has 4 aromatic carbocycles. The summed E-state index contributed by atoms with van der Waals surface area (Å²) < 4.78 is 0. The molecule has 4 heteroatoms. The van der Waals surface area contributed by atoms with E-state index in [0.29, 0.717) is 19.3 Å². The highest BCUT2D eigenvalue weighted by Gasteiger charge is 2.10. The Morgan fingerprint density at radius 3 is 1.68 bits per heavy atom. The summed E-state index contributed by atoms with van der Waals surface area (Å²) in [5.41, 5.74) is 10.4. The first kappa shape index (κ1) is 25.9. The van der Waals surface area contributed by atoms with Gasteiger partial charge in [0.15, 0.2) is 0 Å². The first-order chi connectivity index (χ1) is 17.8. The normalized spacial score (nSPS) is 10.7. The van der Waals surface area contributed by atoms with E-state index >= 15 is 0 Å². The van der Waals surface area contributed by atoms with E-state index in [9.17, 15) is 9.59 Å². The Hall–Kier alpha value is -4.18. The van der Waals surface area contributed by atoms with E-state index in [1.807, 2.05) is 82.3 Å². The van der Waals surface area contributed by atoms with Crippen LogP contribution in [0.1, 0.15) is 39.8 Å². The molecule has 0 aliphatic rings. The number of anilines is 2. The maximum absolute atomic E-state index is 12.7. The van der Waals surface area contributed by atoms with E-state index < -0.39 is 0 Å². The summed E-state index contributed by atoms with van der Waals surface area (Å²) in [4.78, 5) is 25.3. The van der Waals surface area contributed by atoms with Crippen LogP contribution in [0.5, 0.6) is 0 Å². The van der Waals surface area contributed by atoms with E-state index in [2.05, 4.69) is 41.0 Å². The van der Waals surface area contributed by atoms with Gasteiger partial charge in [0.1, 0.15) is 0 Å². The van der Waals surface area contributed by atoms with Gasteiger partial charge in [-0.05, 0) is 90.8 Å². The molecule has 0 spiro atoms. The fourth-order valence-corrected chi connectivity index (χ4v) is 4.39. The fraction of sp³-hybridized carbons (Fsp3) is 0.212. The van der Waals surface area contributed by atoms with Gasteiger partial charge in [0.05, 0.1) is 6.42 Å². The number of nitrogens with one attached hydrogen (secondary N) is 2. The third-order valence-electron chi connectivity index (χ3n) is 6.95. The van der Waals surface area contributed by atoms with Gasteiger partial charge in [-0.25, -0.2) is 0 Å². The largest absolute Gasteiger partial charge is 0.326 e. The molecule has 0 fully saturated rings. The highest BCUT2D eigenvalue weighted by atomic mass is 16.2. The molecule has 0 saturated heterocycles. The number of hydrogen-bond donors (Lipinski definition) is 2. The zero-order valence-corrected chi connectivity index (χ0v) is 22.0. The predicted molar refractivity (Wildman–Crippen MR) is 153 cm³/mol. The molecule has 0 radical (unpaired) electrons. The van der Waals surface area contributed by atoms with Crippen molar-refractivity contribution in [1.29, 1.82) is 0 Å². The topological polar surface area (TPSA) is 58.2 Å². The van der Waals surface area contributed by atoms with Crippen LogP contribution in [0.15, 0.2) is 84.9 Å². The van der Waals surface area contributed by atoms with Gasteiger partial charge in [0, 0.05) is 17.8 Å². The minimum absolute atomic E-state index is 0.0101. The summed E-state index contributed by atoms with van der Waals surface area (Å²) >= 11 is 0. The van der Waals surface area contributed by atoms with Crippen LogP contribution in [0.4, 0.5) is 11.4 Å². The second-order valence-corrected chi connectivity index (χ2v) is 9.67. The van der Waals surface area contributed by atoms with Gasteiger partial charge in [-0.15, -0.1) is 0 Å². The zero-order chi connectivity index (χ0) is 26.4. The number of carbonyl (C=O) groups is 2. The molecule has 2 amide bonds. The number of carbonyl (C=O) groups excluding carboxylic acids is 2. The number of amides is 2. The van der Waals surface area contributed by atoms with Crippen molar-refractivity contribution in [3.8, 4) is 11.1 Å². The highest BCUT2D eigenvalue weighted by molar-refractivity contribution is 5.93. The van der Waals surface area contributed by atoms with Crippen molar-refractivity contribution in [2.24, 2.45) is 0 Å². The molecule has 4 nitrogen and oxygen atoms in total. The van der Waals surface area contributed by atoms with Gasteiger partial charge >= 0.3 is 0 Å². The third kappa shape index (κ3) is 6.73. The average Bonchev–Trinajstić information content (AvgIpc) is 2.88. The Morgan fingerprint density at radius 1 is 0.595 bits per heavy atom. The molecule has 0 saturated carbocycles. The van der Waals surface area contributed by atoms with Crippen LogP contribution >= 0.6 is 0 Å². The summed E-state index contributed by atoms with van der Waals surface area (Å²) in [5, 5.41) is 6.08. The lowest BCUT2D eigenvalue weighted by Gasteiger charge is -2.12. The van der Waals surface area contributed by atoms with Gasteiger partial charge in [-0.2, -0.15) is 0 Å². The van der Waals surface area contributed by atoms with Crippen molar-refractivity contribution >= 4 is 23.2 Å². The molecule has 0 aliphatic carbocycles. The molecular weight excluding hydrogens is 456 g/mol. The lowest BCUT2D eigenvalue weighted by atomic mass is 9.98. The molecule has 0 bridgehead atoms. The van der Waals surface area contributed by atoms with Crippen LogP contribution < -0.4 is 10.6 Å². The molecule has 4 rings (SSSR count). The molecule has 0 aliphatic heterocycles. The van der Waals surface area contributed by atoms with Crippen molar-refractivity contribution in [2.75, 3.05) is 10.6 Å². The Bertz CT molecular complexity index is 1440. The summed E-state index contributed by atoms with van der Waals surface area (Å²) in [6.45, 7) is 8.13. The van der Waals surface area contributed by atoms with E-state index in [-0.39, 0.29) is 11.8 Å². The summed E-state index contributed by atoms with van der Waals surface area (Å²) in [7, 11) is 0. The molecule has 0 aromatic heterocycles. The Balaban J connectivity index is 1.39. The monoisotopic (exact) mass is 490 g/mol. The second-order valence-electron chi connectivity index (χ2n) is 9.67. The molecule has 4 aromatic rings. The van der Waals surface area contributed by atoms with Crippen molar-refractivity contribution in [3.63, 3.8) is 0 Å². The van der Waals surface area contributed by atoms with Gasteiger partial charge in [0.2, 0.25) is 11.8 Å². The van der Waals surface area contributed by atoms with E-state index in [1.54, 1.807) is 0 Å². The molecule has 0 unspecified atom stereocenters. The fourth-order valence-electron chi connectivity index (χ4n) is 4.39. The first-order valence-corrected chi connectivity index (χ1v) is 12.7. The number of benzene rings is 4. The highest BCUT2D eigenvalue weighted by Crippen LogP contribution is 2.24. The molecule has 0 atom stereocenters. The van der Waals surface area contributed by atoms with E-state index in [1.165, 1.54) is 0 Å². The summed E-state index contributed by atoms with van der Waals surface area (Å²) in [5.74, 6) is -0.0228. The smallest absolute Gasteiger partial charge is 0.228 e. The van der Waals surface area contributed by atoms with Crippen LogP contribution in [0, 0.1) is 27.7 Å². The van der Waals surface area contributed by atoms with Crippen molar-refractivity contribution < 1.29 is 9.59 Å². The minimum Gasteiger partial charge on any atom is -0.326 e. The Morgan fingerprint density at radius 2 is 1.08 bits per heavy atom. The lowest BCUT2D eigenvalue weighted by Crippen LogP contribution is -2.15. The predicted octanol–water partition coefficient (Wildman–Crippen LogP) is 7.34. The lowest BCUT2D eigenvalue weighted by molar-refractivity contribution is -0.116. The number of rotatable bonds is 8. The van der Waals surface area contributed by atoms with Crippen LogP contribution in [0.3, 0.4) is 0 Å². The first-order valence-electron chi connectivity index (χ1n) is 12.7. The van der Waals surface area contributed by atoms with Crippen LogP contribution in [-0.4, -0.2) is 11.8 Å². The van der Waals surface area contributed by atoms with Gasteiger partial charge in [0.25, 0.3) is 0 Å². The quantitative estimate of drug-likeness (QED) is 0.271. The standard InChI is InChI=1S/C33H34N2O2/c1-22-9-5-15-30(24(22)3)34-32(36)18-17-26-11-7-13-28(19-26)29-14-8-12-27(20-29)21-33(37)35-31-16-6-10-23(2)25(31)4/h5-16,19-20H,17-18,21H2,1-4H3,(H,34,36)(H,35,37). The third-order valence-corrected chi connectivity index (χ3v) is 6.95. The molecule has 2 N–H and O–H groups in total. The van der Waals surface area contributed by atoms with Gasteiger partial charge in [-0.1, -0.05) is 72.8 Å². The SMILES string of the molecule is Cc1cccc(NC(=O)CCc2cccc(-c3cccc(CC(=O)Nc4cccc(C)c4C)c3)c2)c1C. The molecule has 188 valence electrons. The van der Waals surface area contributed by atoms with Crippen molar-refractivity contribution in [1.82, 2.24) is 0 Å². The molecule has 37 heavy (non-hydrogen) atoms. The van der Waals surface area contributed by atoms with Gasteiger partial charge in [-0.3, -0.25) is 9.59 Å². The summed E-state index contributed by atoms with van der Waals surface area (Å²) in [6, 6.07) is 28.2. The van der Waals surface area contributed by atoms with E-state index in [0.717, 1.165) is 55.9 Å². The number of aryl methyl sites for hydroxylation is 3. The zero-order valence-electron chi connectivity index (χ0n) is 22.0. The second kappa shape index (κ2) is 11.7. The molecular formula is C33H34N2O2. The Labute approximate surface area is 219 Å². The average molecular weight is 491 g/mol. The van der Waals surface area contributed by atoms with Gasteiger partial charge < -0.3 is 10.6 Å².